The van der Waals surface area contributed by atoms with E-state index in [1.54, 1.807) is 18.2 Å². The highest BCUT2D eigenvalue weighted by Crippen LogP contribution is 2.15. The molecule has 27 heavy (non-hydrogen) atoms. The Morgan fingerprint density at radius 2 is 1.70 bits per heavy atom. The van der Waals surface area contributed by atoms with Crippen LogP contribution in [0.1, 0.15) is 0 Å². The molecule has 0 atom stereocenters. The lowest BCUT2D eigenvalue weighted by molar-refractivity contribution is -1.01. The number of rotatable bonds is 7. The molecule has 0 aliphatic carbocycles. The summed E-state index contributed by atoms with van der Waals surface area (Å²) in [5, 5.41) is 3.35. The highest BCUT2D eigenvalue weighted by atomic mass is 35.5. The maximum Gasteiger partial charge on any atom is 0.279 e. The zero-order valence-electron chi connectivity index (χ0n) is 15.1. The maximum absolute atomic E-state index is 13.6. The minimum Gasteiger partial charge on any atom is -0.488 e. The zero-order valence-corrected chi connectivity index (χ0v) is 15.9. The smallest absolute Gasteiger partial charge is 0.279 e. The minimum atomic E-state index is -0.407. The third-order valence-electron chi connectivity index (χ3n) is 4.76. The van der Waals surface area contributed by atoms with E-state index < -0.39 is 5.82 Å². The van der Waals surface area contributed by atoms with Gasteiger partial charge in [0.15, 0.2) is 6.54 Å². The molecule has 0 aromatic heterocycles. The molecule has 1 saturated heterocycles. The molecule has 2 aromatic carbocycles. The van der Waals surface area contributed by atoms with Crippen molar-refractivity contribution in [2.45, 2.75) is 0 Å². The Morgan fingerprint density at radius 3 is 2.41 bits per heavy atom. The molecule has 3 N–H and O–H groups in total. The fourth-order valence-electron chi connectivity index (χ4n) is 3.21. The van der Waals surface area contributed by atoms with Gasteiger partial charge in [-0.15, -0.1) is 0 Å². The molecule has 1 aliphatic heterocycles. The number of ether oxygens (including phenoxy) is 1. The highest BCUT2D eigenvalue weighted by molar-refractivity contribution is 6.30. The fourth-order valence-corrected chi connectivity index (χ4v) is 3.34. The first-order chi connectivity index (χ1) is 13.1. The lowest BCUT2D eigenvalue weighted by Crippen LogP contribution is -3.28. The average Bonchev–Trinajstić information content (AvgIpc) is 2.67. The Kier molecular flexibility index (Phi) is 7.04. The van der Waals surface area contributed by atoms with Crippen LogP contribution in [0.5, 0.6) is 5.75 Å². The summed E-state index contributed by atoms with van der Waals surface area (Å²) in [5.74, 6) is 0.272. The number of carbonyl (C=O) groups is 1. The van der Waals surface area contributed by atoms with Crippen LogP contribution in [-0.4, -0.2) is 51.8 Å². The quantitative estimate of drug-likeness (QED) is 0.633. The largest absolute Gasteiger partial charge is 0.488 e. The number of piperazine rings is 1. The predicted octanol–water partition coefficient (Wildman–Crippen LogP) is 0.280. The number of para-hydroxylation sites is 1. The Labute approximate surface area is 163 Å². The van der Waals surface area contributed by atoms with Gasteiger partial charge in [-0.1, -0.05) is 23.7 Å². The van der Waals surface area contributed by atoms with Crippen molar-refractivity contribution in [1.82, 2.24) is 0 Å². The van der Waals surface area contributed by atoms with Gasteiger partial charge >= 0.3 is 0 Å². The SMILES string of the molecule is O=C(C[NH+]1CC[NH+](CCOc2ccc(Cl)cc2)CC1)Nc1ccccc1F. The summed E-state index contributed by atoms with van der Waals surface area (Å²) >= 11 is 5.86. The second kappa shape index (κ2) is 9.69. The number of quaternary nitrogens is 2. The number of hydrogen-bond acceptors (Lipinski definition) is 2. The number of amides is 1. The fraction of sp³-hybridized carbons (Fsp3) is 0.350. The van der Waals surface area contributed by atoms with Gasteiger partial charge in [0.25, 0.3) is 5.91 Å². The number of hydrogen-bond donors (Lipinski definition) is 3. The summed E-state index contributed by atoms with van der Waals surface area (Å²) in [4.78, 5) is 14.8. The van der Waals surface area contributed by atoms with Gasteiger partial charge in [-0.2, -0.15) is 0 Å². The summed E-state index contributed by atoms with van der Waals surface area (Å²) in [6, 6.07) is 13.6. The monoisotopic (exact) mass is 393 g/mol. The van der Waals surface area contributed by atoms with Crippen LogP contribution in [0.25, 0.3) is 0 Å². The van der Waals surface area contributed by atoms with E-state index >= 15 is 0 Å². The minimum absolute atomic E-state index is 0.148. The van der Waals surface area contributed by atoms with E-state index in [0.717, 1.165) is 38.5 Å². The molecule has 1 fully saturated rings. The van der Waals surface area contributed by atoms with E-state index in [4.69, 9.17) is 16.3 Å². The number of nitrogens with one attached hydrogen (secondary N) is 3. The Hall–Kier alpha value is -2.15. The van der Waals surface area contributed by atoms with Gasteiger partial charge in [0.2, 0.25) is 0 Å². The topological polar surface area (TPSA) is 47.2 Å². The number of carbonyl (C=O) groups excluding carboxylic acids is 1. The Balaban J connectivity index is 1.34. The molecular weight excluding hydrogens is 369 g/mol. The third-order valence-corrected chi connectivity index (χ3v) is 5.01. The molecular formula is C20H25ClFN3O2+2. The standard InChI is InChI=1S/C20H23ClFN3O2/c21-16-5-7-17(8-6-16)27-14-13-24-9-11-25(12-10-24)15-20(26)23-19-4-2-1-3-18(19)22/h1-8H,9-15H2,(H,23,26)/p+2. The number of anilines is 1. The van der Waals surface area contributed by atoms with E-state index in [-0.39, 0.29) is 11.6 Å². The van der Waals surface area contributed by atoms with Crippen molar-refractivity contribution >= 4 is 23.2 Å². The molecule has 0 bridgehead atoms. The van der Waals surface area contributed by atoms with Gasteiger partial charge < -0.3 is 19.9 Å². The van der Waals surface area contributed by atoms with Crippen LogP contribution >= 0.6 is 11.6 Å². The molecule has 2 aromatic rings. The summed E-state index contributed by atoms with van der Waals surface area (Å²) < 4.78 is 19.3. The van der Waals surface area contributed by atoms with Crippen molar-refractivity contribution in [3.63, 3.8) is 0 Å². The highest BCUT2D eigenvalue weighted by Gasteiger charge is 2.24. The Morgan fingerprint density at radius 1 is 1.04 bits per heavy atom. The van der Waals surface area contributed by atoms with Crippen LogP contribution < -0.4 is 19.9 Å². The first-order valence-electron chi connectivity index (χ1n) is 9.20. The maximum atomic E-state index is 13.6. The second-order valence-corrected chi connectivity index (χ2v) is 7.19. The van der Waals surface area contributed by atoms with E-state index in [0.29, 0.717) is 18.2 Å². The summed E-state index contributed by atoms with van der Waals surface area (Å²) in [7, 11) is 0. The van der Waals surface area contributed by atoms with Crippen LogP contribution in [0.3, 0.4) is 0 Å². The van der Waals surface area contributed by atoms with Gasteiger partial charge in [0.05, 0.1) is 5.69 Å². The van der Waals surface area contributed by atoms with E-state index in [1.165, 1.54) is 15.9 Å². The second-order valence-electron chi connectivity index (χ2n) is 6.76. The summed E-state index contributed by atoms with van der Waals surface area (Å²) in [6.45, 7) is 5.76. The predicted molar refractivity (Wildman–Crippen MR) is 103 cm³/mol. The van der Waals surface area contributed by atoms with Crippen LogP contribution in [0, 0.1) is 5.82 Å². The first kappa shape index (κ1) is 19.6. The van der Waals surface area contributed by atoms with E-state index in [2.05, 4.69) is 5.32 Å². The molecule has 1 heterocycles. The van der Waals surface area contributed by atoms with Crippen LogP contribution in [-0.2, 0) is 4.79 Å². The van der Waals surface area contributed by atoms with Crippen molar-refractivity contribution in [3.05, 3.63) is 59.4 Å². The summed E-state index contributed by atoms with van der Waals surface area (Å²) in [6.07, 6.45) is 0. The lowest BCUT2D eigenvalue weighted by Gasteiger charge is -2.29. The van der Waals surface area contributed by atoms with Crippen molar-refractivity contribution < 1.29 is 23.7 Å². The van der Waals surface area contributed by atoms with Crippen LogP contribution in [0.2, 0.25) is 5.02 Å². The molecule has 5 nitrogen and oxygen atoms in total. The molecule has 7 heteroatoms. The molecule has 0 unspecified atom stereocenters. The average molecular weight is 394 g/mol. The van der Waals surface area contributed by atoms with Crippen molar-refractivity contribution in [2.24, 2.45) is 0 Å². The van der Waals surface area contributed by atoms with E-state index in [9.17, 15) is 9.18 Å². The number of benzene rings is 2. The van der Waals surface area contributed by atoms with Crippen LogP contribution in [0.4, 0.5) is 10.1 Å². The van der Waals surface area contributed by atoms with Gasteiger partial charge in [-0.25, -0.2) is 4.39 Å². The zero-order chi connectivity index (χ0) is 19.1. The van der Waals surface area contributed by atoms with E-state index in [1.807, 2.05) is 24.3 Å². The molecule has 0 spiro atoms. The third kappa shape index (κ3) is 6.20. The molecule has 144 valence electrons. The molecule has 1 amide bonds. The molecule has 3 rings (SSSR count). The van der Waals surface area contributed by atoms with Crippen molar-refractivity contribution in [1.29, 1.82) is 0 Å². The lowest BCUT2D eigenvalue weighted by atomic mass is 10.3. The first-order valence-corrected chi connectivity index (χ1v) is 9.58. The van der Waals surface area contributed by atoms with Gasteiger partial charge in [-0.3, -0.25) is 4.79 Å². The summed E-state index contributed by atoms with van der Waals surface area (Å²) in [5.41, 5.74) is 0.241. The molecule has 0 radical (unpaired) electrons. The normalized spacial score (nSPS) is 19.5. The van der Waals surface area contributed by atoms with Crippen molar-refractivity contribution in [3.8, 4) is 5.75 Å². The number of halogens is 2. The van der Waals surface area contributed by atoms with Gasteiger partial charge in [0.1, 0.15) is 50.9 Å². The molecule has 0 saturated carbocycles. The molecule has 1 aliphatic rings. The van der Waals surface area contributed by atoms with Crippen LogP contribution in [0.15, 0.2) is 48.5 Å². The van der Waals surface area contributed by atoms with Gasteiger partial charge in [-0.05, 0) is 36.4 Å². The Bertz CT molecular complexity index is 749. The van der Waals surface area contributed by atoms with Crippen molar-refractivity contribution in [2.75, 3.05) is 51.2 Å². The van der Waals surface area contributed by atoms with Gasteiger partial charge in [0, 0.05) is 5.02 Å².